The van der Waals surface area contributed by atoms with Crippen LogP contribution in [0, 0.1) is 27.7 Å². The Bertz CT molecular complexity index is 798. The van der Waals surface area contributed by atoms with E-state index in [1.54, 1.807) is 0 Å². The summed E-state index contributed by atoms with van der Waals surface area (Å²) in [5.74, 6) is 0. The van der Waals surface area contributed by atoms with E-state index in [-0.39, 0.29) is 0 Å². The molecule has 0 aliphatic carbocycles. The molecule has 0 saturated carbocycles. The summed E-state index contributed by atoms with van der Waals surface area (Å²) in [6.07, 6.45) is 0. The number of hydrogen-bond acceptors (Lipinski definition) is 2. The van der Waals surface area contributed by atoms with Gasteiger partial charge in [-0.1, -0.05) is 23.7 Å². The Hall–Kier alpha value is -1.89. The molecular weight excluding hydrogens is 372 g/mol. The Kier molecular flexibility index (Phi) is 6.58. The van der Waals surface area contributed by atoms with E-state index in [0.717, 1.165) is 22.5 Å². The molecule has 0 amide bonds. The molecule has 0 radical (unpaired) electrons. The molecule has 4 N–H and O–H groups in total. The summed E-state index contributed by atoms with van der Waals surface area (Å²) >= 11 is 16.8. The van der Waals surface area contributed by atoms with Crippen LogP contribution in [0.5, 0.6) is 0 Å². The van der Waals surface area contributed by atoms with E-state index in [0.29, 0.717) is 15.2 Å². The fourth-order valence-electron chi connectivity index (χ4n) is 2.31. The van der Waals surface area contributed by atoms with E-state index in [1.807, 2.05) is 44.2 Å². The summed E-state index contributed by atoms with van der Waals surface area (Å²) in [4.78, 5) is 0. The van der Waals surface area contributed by atoms with Crippen LogP contribution in [0.15, 0.2) is 30.3 Å². The topological polar surface area (TPSA) is 48.1 Å². The van der Waals surface area contributed by atoms with Crippen molar-refractivity contribution in [1.82, 2.24) is 10.9 Å². The minimum atomic E-state index is 0.373. The fourth-order valence-corrected chi connectivity index (χ4v) is 3.00. The lowest BCUT2D eigenvalue weighted by atomic mass is 10.1. The van der Waals surface area contributed by atoms with Crippen LogP contribution < -0.4 is 21.5 Å². The predicted octanol–water partition coefficient (Wildman–Crippen LogP) is 4.76. The normalized spacial score (nSPS) is 10.1. The third kappa shape index (κ3) is 5.56. The fraction of sp³-hybridized carbons (Fsp3) is 0.222. The van der Waals surface area contributed by atoms with Crippen molar-refractivity contribution in [2.45, 2.75) is 27.7 Å². The maximum atomic E-state index is 6.27. The minimum Gasteiger partial charge on any atom is -0.331 e. The molecule has 2 aromatic carbocycles. The second kappa shape index (κ2) is 8.47. The van der Waals surface area contributed by atoms with Crippen molar-refractivity contribution < 1.29 is 0 Å². The molecule has 0 aliphatic heterocycles. The number of benzene rings is 2. The van der Waals surface area contributed by atoms with Crippen molar-refractivity contribution >= 4 is 57.6 Å². The number of aryl methyl sites for hydroxylation is 4. The maximum absolute atomic E-state index is 6.27. The third-order valence-corrected chi connectivity index (χ3v) is 4.43. The molecule has 0 spiro atoms. The van der Waals surface area contributed by atoms with E-state index < -0.39 is 0 Å². The molecule has 25 heavy (non-hydrogen) atoms. The highest BCUT2D eigenvalue weighted by Gasteiger charge is 2.07. The summed E-state index contributed by atoms with van der Waals surface area (Å²) in [7, 11) is 0. The number of halogens is 1. The number of rotatable bonds is 2. The Labute approximate surface area is 164 Å². The molecule has 2 aromatic rings. The summed E-state index contributed by atoms with van der Waals surface area (Å²) in [6.45, 7) is 8.10. The van der Waals surface area contributed by atoms with Crippen LogP contribution in [-0.4, -0.2) is 10.2 Å². The van der Waals surface area contributed by atoms with Crippen LogP contribution in [-0.2, 0) is 0 Å². The van der Waals surface area contributed by atoms with Crippen LogP contribution >= 0.6 is 36.0 Å². The first-order chi connectivity index (χ1) is 11.8. The summed E-state index contributed by atoms with van der Waals surface area (Å²) in [6, 6.07) is 9.98. The zero-order valence-electron chi connectivity index (χ0n) is 14.6. The van der Waals surface area contributed by atoms with Crippen molar-refractivity contribution in [3.8, 4) is 0 Å². The van der Waals surface area contributed by atoms with Gasteiger partial charge in [-0.15, -0.1) is 0 Å². The Morgan fingerprint density at radius 3 is 2.04 bits per heavy atom. The van der Waals surface area contributed by atoms with Gasteiger partial charge in [0.05, 0.1) is 10.7 Å². The molecule has 0 atom stereocenters. The largest absolute Gasteiger partial charge is 0.331 e. The predicted molar refractivity (Wildman–Crippen MR) is 116 cm³/mol. The zero-order chi connectivity index (χ0) is 18.6. The highest BCUT2D eigenvalue weighted by Crippen LogP contribution is 2.27. The molecule has 0 bridgehead atoms. The third-order valence-electron chi connectivity index (χ3n) is 3.72. The SMILES string of the molecule is Cc1cc(C)c(NC(=S)NNC(=S)Nc2ccc(C)c(C)c2)c(Cl)c1. The number of hydrogen-bond donors (Lipinski definition) is 4. The molecule has 0 aliphatic rings. The first-order valence-electron chi connectivity index (χ1n) is 7.74. The lowest BCUT2D eigenvalue weighted by Gasteiger charge is -2.17. The summed E-state index contributed by atoms with van der Waals surface area (Å²) in [5.41, 5.74) is 12.0. The van der Waals surface area contributed by atoms with E-state index in [1.165, 1.54) is 11.1 Å². The molecule has 0 fully saturated rings. The van der Waals surface area contributed by atoms with Crippen LogP contribution in [0.1, 0.15) is 22.3 Å². The van der Waals surface area contributed by atoms with E-state index in [4.69, 9.17) is 36.0 Å². The maximum Gasteiger partial charge on any atom is 0.189 e. The standard InChI is InChI=1S/C18H21ClN4S2/c1-10-7-13(4)16(15(19)8-10)21-18(25)23-22-17(24)20-14-6-5-11(2)12(3)9-14/h5-9H,1-4H3,(H2,20,22,24)(H2,21,23,25). The number of thiocarbonyl (C=S) groups is 2. The highest BCUT2D eigenvalue weighted by molar-refractivity contribution is 7.81. The average molecular weight is 393 g/mol. The molecule has 2 rings (SSSR count). The van der Waals surface area contributed by atoms with Gasteiger partial charge in [0.1, 0.15) is 0 Å². The van der Waals surface area contributed by atoms with Crippen molar-refractivity contribution in [2.75, 3.05) is 10.6 Å². The average Bonchev–Trinajstić information content (AvgIpc) is 2.52. The molecule has 0 saturated heterocycles. The Morgan fingerprint density at radius 2 is 1.44 bits per heavy atom. The van der Waals surface area contributed by atoms with Gasteiger partial charge >= 0.3 is 0 Å². The number of anilines is 2. The van der Waals surface area contributed by atoms with Crippen molar-refractivity contribution in [1.29, 1.82) is 0 Å². The molecule has 132 valence electrons. The Morgan fingerprint density at radius 1 is 0.800 bits per heavy atom. The van der Waals surface area contributed by atoms with Crippen LogP contribution in [0.2, 0.25) is 5.02 Å². The van der Waals surface area contributed by atoms with E-state index in [9.17, 15) is 0 Å². The lowest BCUT2D eigenvalue weighted by molar-refractivity contribution is 0.885. The van der Waals surface area contributed by atoms with Gasteiger partial charge in [-0.2, -0.15) is 0 Å². The van der Waals surface area contributed by atoms with Crippen molar-refractivity contribution in [3.05, 3.63) is 57.6 Å². The Balaban J connectivity index is 1.89. The zero-order valence-corrected chi connectivity index (χ0v) is 17.0. The van der Waals surface area contributed by atoms with Crippen LogP contribution in [0.25, 0.3) is 0 Å². The minimum absolute atomic E-state index is 0.373. The van der Waals surface area contributed by atoms with Crippen LogP contribution in [0.4, 0.5) is 11.4 Å². The molecule has 0 aromatic heterocycles. The molecule has 0 heterocycles. The van der Waals surface area contributed by atoms with Gasteiger partial charge < -0.3 is 10.6 Å². The van der Waals surface area contributed by atoms with Gasteiger partial charge in [0.2, 0.25) is 0 Å². The van der Waals surface area contributed by atoms with Gasteiger partial charge in [0, 0.05) is 5.69 Å². The quantitative estimate of drug-likeness (QED) is 0.436. The summed E-state index contributed by atoms with van der Waals surface area (Å²) < 4.78 is 0. The molecular formula is C18H21ClN4S2. The van der Waals surface area contributed by atoms with Crippen molar-refractivity contribution in [2.24, 2.45) is 0 Å². The van der Waals surface area contributed by atoms with Gasteiger partial charge in [-0.05, 0) is 92.6 Å². The lowest BCUT2D eigenvalue weighted by Crippen LogP contribution is -2.45. The van der Waals surface area contributed by atoms with Gasteiger partial charge in [0.15, 0.2) is 10.2 Å². The van der Waals surface area contributed by atoms with Crippen LogP contribution in [0.3, 0.4) is 0 Å². The van der Waals surface area contributed by atoms with Gasteiger partial charge in [-0.25, -0.2) is 0 Å². The second-order valence-corrected chi connectivity index (χ2v) is 7.12. The first-order valence-corrected chi connectivity index (χ1v) is 8.93. The van der Waals surface area contributed by atoms with Crippen molar-refractivity contribution in [3.63, 3.8) is 0 Å². The van der Waals surface area contributed by atoms with E-state index >= 15 is 0 Å². The smallest absolute Gasteiger partial charge is 0.189 e. The second-order valence-electron chi connectivity index (χ2n) is 5.90. The van der Waals surface area contributed by atoms with Gasteiger partial charge in [0.25, 0.3) is 0 Å². The molecule has 7 heteroatoms. The number of hydrazine groups is 1. The highest BCUT2D eigenvalue weighted by atomic mass is 35.5. The monoisotopic (exact) mass is 392 g/mol. The first kappa shape index (κ1) is 19.4. The molecule has 0 unspecified atom stereocenters. The van der Waals surface area contributed by atoms with E-state index in [2.05, 4.69) is 35.3 Å². The number of nitrogens with one attached hydrogen (secondary N) is 4. The summed E-state index contributed by atoms with van der Waals surface area (Å²) in [5, 5.41) is 7.60. The van der Waals surface area contributed by atoms with Gasteiger partial charge in [-0.3, -0.25) is 10.9 Å². The molecule has 4 nitrogen and oxygen atoms in total.